The molecule has 0 saturated carbocycles. The van der Waals surface area contributed by atoms with Gasteiger partial charge in [0, 0.05) is 30.5 Å². The Kier molecular flexibility index (Phi) is 6.32. The SMILES string of the molecule is Cc1ccc(C)c(S(=O)(=O)Nc2ccc(Nc3cc(N4CCCCC4)nc(C)n3)cc2)c1. The minimum atomic E-state index is -3.66. The van der Waals surface area contributed by atoms with E-state index >= 15 is 0 Å². The van der Waals surface area contributed by atoms with E-state index in [-0.39, 0.29) is 0 Å². The smallest absolute Gasteiger partial charge is 0.262 e. The van der Waals surface area contributed by atoms with Crippen molar-refractivity contribution in [1.29, 1.82) is 0 Å². The normalized spacial score (nSPS) is 14.3. The Morgan fingerprint density at radius 2 is 1.53 bits per heavy atom. The minimum Gasteiger partial charge on any atom is -0.356 e. The van der Waals surface area contributed by atoms with Crippen molar-refractivity contribution < 1.29 is 8.42 Å². The lowest BCUT2D eigenvalue weighted by molar-refractivity contribution is 0.572. The number of aryl methyl sites for hydroxylation is 3. The van der Waals surface area contributed by atoms with Crippen LogP contribution in [0.15, 0.2) is 53.4 Å². The van der Waals surface area contributed by atoms with Crippen LogP contribution in [0.4, 0.5) is 23.0 Å². The summed E-state index contributed by atoms with van der Waals surface area (Å²) in [5, 5.41) is 3.31. The fraction of sp³-hybridized carbons (Fsp3) is 0.333. The summed E-state index contributed by atoms with van der Waals surface area (Å²) in [5.41, 5.74) is 2.94. The van der Waals surface area contributed by atoms with Crippen molar-refractivity contribution in [3.8, 4) is 0 Å². The maximum Gasteiger partial charge on any atom is 0.262 e. The molecule has 0 radical (unpaired) electrons. The molecule has 0 bridgehead atoms. The number of anilines is 4. The van der Waals surface area contributed by atoms with Crippen LogP contribution in [0.25, 0.3) is 0 Å². The maximum atomic E-state index is 12.8. The van der Waals surface area contributed by atoms with E-state index in [9.17, 15) is 8.42 Å². The highest BCUT2D eigenvalue weighted by Gasteiger charge is 2.17. The van der Waals surface area contributed by atoms with E-state index in [4.69, 9.17) is 0 Å². The molecule has 1 saturated heterocycles. The predicted molar refractivity (Wildman–Crippen MR) is 129 cm³/mol. The summed E-state index contributed by atoms with van der Waals surface area (Å²) < 4.78 is 28.3. The van der Waals surface area contributed by atoms with Crippen LogP contribution in [0.2, 0.25) is 0 Å². The van der Waals surface area contributed by atoms with Gasteiger partial charge in [-0.1, -0.05) is 12.1 Å². The first-order valence-electron chi connectivity index (χ1n) is 10.9. The van der Waals surface area contributed by atoms with Crippen LogP contribution in [0, 0.1) is 20.8 Å². The Morgan fingerprint density at radius 1 is 0.844 bits per heavy atom. The molecule has 1 aliphatic rings. The molecule has 0 aliphatic carbocycles. The first kappa shape index (κ1) is 22.1. The van der Waals surface area contributed by atoms with Gasteiger partial charge in [0.1, 0.15) is 17.5 Å². The largest absolute Gasteiger partial charge is 0.356 e. The van der Waals surface area contributed by atoms with Crippen molar-refractivity contribution in [2.24, 2.45) is 0 Å². The number of nitrogens with one attached hydrogen (secondary N) is 2. The van der Waals surface area contributed by atoms with Crippen LogP contribution in [-0.4, -0.2) is 31.5 Å². The van der Waals surface area contributed by atoms with E-state index in [0.717, 1.165) is 36.0 Å². The maximum absolute atomic E-state index is 12.8. The second-order valence-corrected chi connectivity index (χ2v) is 9.93. The lowest BCUT2D eigenvalue weighted by Gasteiger charge is -2.28. The van der Waals surface area contributed by atoms with Crippen molar-refractivity contribution in [1.82, 2.24) is 9.97 Å². The summed E-state index contributed by atoms with van der Waals surface area (Å²) in [5.74, 6) is 2.38. The highest BCUT2D eigenvalue weighted by Crippen LogP contribution is 2.25. The summed E-state index contributed by atoms with van der Waals surface area (Å²) in [6.07, 6.45) is 3.64. The van der Waals surface area contributed by atoms with Gasteiger partial charge in [-0.05, 0) is 81.5 Å². The molecule has 2 N–H and O–H groups in total. The Morgan fingerprint density at radius 3 is 2.25 bits per heavy atom. The van der Waals surface area contributed by atoms with Crippen LogP contribution < -0.4 is 14.9 Å². The van der Waals surface area contributed by atoms with Crippen molar-refractivity contribution in [2.75, 3.05) is 28.0 Å². The van der Waals surface area contributed by atoms with Gasteiger partial charge in [0.05, 0.1) is 4.90 Å². The van der Waals surface area contributed by atoms with Crippen LogP contribution in [0.1, 0.15) is 36.2 Å². The molecule has 4 rings (SSSR count). The highest BCUT2D eigenvalue weighted by molar-refractivity contribution is 7.92. The van der Waals surface area contributed by atoms with Crippen molar-refractivity contribution in [3.05, 3.63) is 65.5 Å². The molecular weight excluding hydrogens is 422 g/mol. The summed E-state index contributed by atoms with van der Waals surface area (Å²) in [6.45, 7) is 7.60. The molecule has 7 nitrogen and oxygen atoms in total. The Bertz CT molecular complexity index is 1200. The molecule has 0 atom stereocenters. The van der Waals surface area contributed by atoms with Gasteiger partial charge in [-0.15, -0.1) is 0 Å². The van der Waals surface area contributed by atoms with Gasteiger partial charge in [-0.2, -0.15) is 0 Å². The fourth-order valence-electron chi connectivity index (χ4n) is 3.88. The van der Waals surface area contributed by atoms with Crippen LogP contribution in [0.3, 0.4) is 0 Å². The molecule has 0 spiro atoms. The average molecular weight is 452 g/mol. The van der Waals surface area contributed by atoms with Gasteiger partial charge in [0.25, 0.3) is 10.0 Å². The number of aromatic nitrogens is 2. The monoisotopic (exact) mass is 451 g/mol. The zero-order valence-corrected chi connectivity index (χ0v) is 19.5. The molecule has 2 heterocycles. The Labute approximate surface area is 190 Å². The molecular formula is C24H29N5O2S. The van der Waals surface area contributed by atoms with Gasteiger partial charge in [-0.3, -0.25) is 4.72 Å². The van der Waals surface area contributed by atoms with Crippen LogP contribution in [-0.2, 0) is 10.0 Å². The Balaban J connectivity index is 1.48. The van der Waals surface area contributed by atoms with Crippen molar-refractivity contribution in [3.63, 3.8) is 0 Å². The third-order valence-electron chi connectivity index (χ3n) is 5.55. The second kappa shape index (κ2) is 9.16. The van der Waals surface area contributed by atoms with Crippen molar-refractivity contribution >= 4 is 33.0 Å². The average Bonchev–Trinajstić information content (AvgIpc) is 2.77. The molecule has 1 fully saturated rings. The second-order valence-electron chi connectivity index (χ2n) is 8.28. The van der Waals surface area contributed by atoms with E-state index in [0.29, 0.717) is 22.0 Å². The van der Waals surface area contributed by atoms with Crippen LogP contribution in [0.5, 0.6) is 0 Å². The topological polar surface area (TPSA) is 87.2 Å². The lowest BCUT2D eigenvalue weighted by atomic mass is 10.1. The van der Waals surface area contributed by atoms with Gasteiger partial charge in [-0.25, -0.2) is 18.4 Å². The summed E-state index contributed by atoms with van der Waals surface area (Å²) in [4.78, 5) is 11.7. The molecule has 1 aromatic heterocycles. The molecule has 168 valence electrons. The highest BCUT2D eigenvalue weighted by atomic mass is 32.2. The quantitative estimate of drug-likeness (QED) is 0.552. The van der Waals surface area contributed by atoms with E-state index in [1.807, 2.05) is 44.2 Å². The number of piperidine rings is 1. The first-order valence-corrected chi connectivity index (χ1v) is 12.4. The number of nitrogens with zero attached hydrogens (tertiary/aromatic N) is 3. The number of rotatable bonds is 6. The first-order chi connectivity index (χ1) is 15.3. The number of hydrogen-bond acceptors (Lipinski definition) is 6. The zero-order valence-electron chi connectivity index (χ0n) is 18.7. The van der Waals surface area contributed by atoms with Crippen LogP contribution >= 0.6 is 0 Å². The van der Waals surface area contributed by atoms with Gasteiger partial charge in [0.15, 0.2) is 0 Å². The van der Waals surface area contributed by atoms with Crippen molar-refractivity contribution in [2.45, 2.75) is 44.9 Å². The summed E-state index contributed by atoms with van der Waals surface area (Å²) in [6, 6.07) is 14.5. The van der Waals surface area contributed by atoms with Gasteiger partial charge < -0.3 is 10.2 Å². The number of sulfonamides is 1. The Hall–Kier alpha value is -3.13. The van der Waals surface area contributed by atoms with E-state index in [1.54, 1.807) is 25.1 Å². The number of benzene rings is 2. The molecule has 0 unspecified atom stereocenters. The number of hydrogen-bond donors (Lipinski definition) is 2. The zero-order chi connectivity index (χ0) is 22.7. The molecule has 1 aliphatic heterocycles. The standard InChI is InChI=1S/C24H29N5O2S/c1-17-7-8-18(2)22(15-17)32(30,31)28-21-11-9-20(10-12-21)27-23-16-24(26-19(3)25-23)29-13-5-4-6-14-29/h7-12,15-16,28H,4-6,13-14H2,1-3H3,(H,25,26,27). The van der Waals surface area contributed by atoms with E-state index in [1.165, 1.54) is 19.3 Å². The summed E-state index contributed by atoms with van der Waals surface area (Å²) >= 11 is 0. The fourth-order valence-corrected chi connectivity index (χ4v) is 5.27. The van der Waals surface area contributed by atoms with E-state index in [2.05, 4.69) is 24.9 Å². The summed E-state index contributed by atoms with van der Waals surface area (Å²) in [7, 11) is -3.66. The molecule has 3 aromatic rings. The third kappa shape index (κ3) is 5.19. The molecule has 8 heteroatoms. The minimum absolute atomic E-state index is 0.293. The molecule has 0 amide bonds. The van der Waals surface area contributed by atoms with E-state index < -0.39 is 10.0 Å². The molecule has 32 heavy (non-hydrogen) atoms. The van der Waals surface area contributed by atoms with Gasteiger partial charge >= 0.3 is 0 Å². The van der Waals surface area contributed by atoms with Gasteiger partial charge in [0.2, 0.25) is 0 Å². The lowest BCUT2D eigenvalue weighted by Crippen LogP contribution is -2.30. The third-order valence-corrected chi connectivity index (χ3v) is 7.07. The molecule has 2 aromatic carbocycles. The predicted octanol–water partition coefficient (Wildman–Crippen LogP) is 4.94.